The van der Waals surface area contributed by atoms with E-state index in [0.29, 0.717) is 12.1 Å². The Morgan fingerprint density at radius 1 is 0.909 bits per heavy atom. The minimum atomic E-state index is -0.908. The maximum Gasteiger partial charge on any atom is 0.335 e. The largest absolute Gasteiger partial charge is 0.478 e. The molecule has 0 radical (unpaired) electrons. The van der Waals surface area contributed by atoms with Crippen molar-refractivity contribution in [2.24, 2.45) is 10.8 Å². The number of benzene rings is 2. The monoisotopic (exact) mass is 441 g/mol. The Morgan fingerprint density at radius 2 is 1.58 bits per heavy atom. The standard InChI is InChI=1S/C29H31NO3/c1-27(2)23(20-9-11-21(12-10-20)25(31)32)13-15-28(3)19-30(18-14-24(27)28)26(33)29(16-17-29)22-7-5-4-6-8-22/h4-14H,15-19H2,1-3H3,(H,31,32)/t28-/m1/s1. The molecule has 2 aliphatic carbocycles. The molecule has 1 amide bonds. The van der Waals surface area contributed by atoms with Gasteiger partial charge in [0, 0.05) is 23.9 Å². The summed E-state index contributed by atoms with van der Waals surface area (Å²) in [6.45, 7) is 8.15. The molecule has 3 aliphatic rings. The molecule has 33 heavy (non-hydrogen) atoms. The molecular formula is C29H31NO3. The van der Waals surface area contributed by atoms with Crippen LogP contribution in [0.5, 0.6) is 0 Å². The van der Waals surface area contributed by atoms with Crippen molar-refractivity contribution in [1.82, 2.24) is 4.90 Å². The molecule has 0 unspecified atom stereocenters. The van der Waals surface area contributed by atoms with Crippen LogP contribution in [0.1, 0.15) is 61.5 Å². The fraction of sp³-hybridized carbons (Fsp3) is 0.379. The Labute approximate surface area is 195 Å². The number of hydrogen-bond donors (Lipinski definition) is 1. The van der Waals surface area contributed by atoms with Gasteiger partial charge in [0.25, 0.3) is 0 Å². The van der Waals surface area contributed by atoms with Crippen molar-refractivity contribution in [2.75, 3.05) is 13.1 Å². The summed E-state index contributed by atoms with van der Waals surface area (Å²) in [5.41, 5.74) is 4.49. The molecule has 1 N–H and O–H groups in total. The topological polar surface area (TPSA) is 57.6 Å². The third-order valence-corrected chi connectivity index (χ3v) is 8.03. The van der Waals surface area contributed by atoms with Crippen LogP contribution in [-0.4, -0.2) is 35.0 Å². The number of carboxylic acids is 1. The lowest BCUT2D eigenvalue weighted by molar-refractivity contribution is -0.135. The molecule has 1 aliphatic heterocycles. The summed E-state index contributed by atoms with van der Waals surface area (Å²) in [4.78, 5) is 27.0. The van der Waals surface area contributed by atoms with Crippen LogP contribution in [0.15, 0.2) is 72.3 Å². The lowest BCUT2D eigenvalue weighted by atomic mass is 9.58. The number of hydrogen-bond acceptors (Lipinski definition) is 2. The highest BCUT2D eigenvalue weighted by atomic mass is 16.4. The van der Waals surface area contributed by atoms with E-state index >= 15 is 0 Å². The van der Waals surface area contributed by atoms with Crippen LogP contribution in [0.25, 0.3) is 5.57 Å². The molecule has 1 heterocycles. The van der Waals surface area contributed by atoms with Crippen molar-refractivity contribution < 1.29 is 14.7 Å². The highest BCUT2D eigenvalue weighted by molar-refractivity contribution is 5.92. The molecular weight excluding hydrogens is 410 g/mol. The molecule has 4 nitrogen and oxygen atoms in total. The summed E-state index contributed by atoms with van der Waals surface area (Å²) in [5.74, 6) is -0.642. The molecule has 0 spiro atoms. The number of carbonyl (C=O) groups is 2. The van der Waals surface area contributed by atoms with Crippen LogP contribution in [0.3, 0.4) is 0 Å². The van der Waals surface area contributed by atoms with E-state index in [1.165, 1.54) is 11.1 Å². The predicted octanol–water partition coefficient (Wildman–Crippen LogP) is 5.70. The second-order valence-corrected chi connectivity index (χ2v) is 10.6. The Balaban J connectivity index is 1.42. The smallest absolute Gasteiger partial charge is 0.335 e. The van der Waals surface area contributed by atoms with Gasteiger partial charge in [-0.3, -0.25) is 4.79 Å². The van der Waals surface area contributed by atoms with E-state index in [-0.39, 0.29) is 22.2 Å². The van der Waals surface area contributed by atoms with Gasteiger partial charge in [0.1, 0.15) is 0 Å². The molecule has 0 bridgehead atoms. The summed E-state index contributed by atoms with van der Waals surface area (Å²) in [7, 11) is 0. The van der Waals surface area contributed by atoms with Crippen LogP contribution in [0, 0.1) is 10.8 Å². The number of aromatic carboxylic acids is 1. The molecule has 0 saturated heterocycles. The van der Waals surface area contributed by atoms with Gasteiger partial charge >= 0.3 is 5.97 Å². The Hall–Kier alpha value is -3.14. The summed E-state index contributed by atoms with van der Waals surface area (Å²) >= 11 is 0. The van der Waals surface area contributed by atoms with Gasteiger partial charge in [-0.05, 0) is 48.1 Å². The minimum absolute atomic E-state index is 0.102. The van der Waals surface area contributed by atoms with Gasteiger partial charge in [0.15, 0.2) is 0 Å². The van der Waals surface area contributed by atoms with Gasteiger partial charge in [-0.2, -0.15) is 0 Å². The van der Waals surface area contributed by atoms with Crippen LogP contribution < -0.4 is 0 Å². The van der Waals surface area contributed by atoms with Crippen molar-refractivity contribution >= 4 is 17.4 Å². The Kier molecular flexibility index (Phi) is 4.89. The number of nitrogens with zero attached hydrogens (tertiary/aromatic N) is 1. The van der Waals surface area contributed by atoms with E-state index < -0.39 is 5.97 Å². The Bertz CT molecular complexity index is 1170. The SMILES string of the molecule is CC1(C)C(c2ccc(C(=O)O)cc2)=CC[C@]2(C)CN(C(=O)C3(c4ccccc4)CC3)CC=C12. The quantitative estimate of drug-likeness (QED) is 0.619. The van der Waals surface area contributed by atoms with Crippen LogP contribution >= 0.6 is 0 Å². The Morgan fingerprint density at radius 3 is 2.18 bits per heavy atom. The summed E-state index contributed by atoms with van der Waals surface area (Å²) in [6, 6.07) is 17.4. The highest BCUT2D eigenvalue weighted by Crippen LogP contribution is 2.56. The predicted molar refractivity (Wildman–Crippen MR) is 130 cm³/mol. The third kappa shape index (κ3) is 3.43. The van der Waals surface area contributed by atoms with Gasteiger partial charge in [-0.25, -0.2) is 4.79 Å². The summed E-state index contributed by atoms with van der Waals surface area (Å²) in [5, 5.41) is 9.23. The first kappa shape index (κ1) is 21.7. The van der Waals surface area contributed by atoms with Gasteiger partial charge in [-0.15, -0.1) is 0 Å². The average molecular weight is 442 g/mol. The van der Waals surface area contributed by atoms with E-state index in [9.17, 15) is 14.7 Å². The number of amides is 1. The number of fused-ring (bicyclic) bond motifs is 1. The maximum absolute atomic E-state index is 13.7. The average Bonchev–Trinajstić information content (AvgIpc) is 3.61. The zero-order chi connectivity index (χ0) is 23.4. The van der Waals surface area contributed by atoms with Crippen molar-refractivity contribution in [3.8, 4) is 0 Å². The molecule has 0 aromatic heterocycles. The number of carbonyl (C=O) groups excluding carboxylic acids is 1. The molecule has 4 heteroatoms. The lowest BCUT2D eigenvalue weighted by Crippen LogP contribution is -2.51. The zero-order valence-electron chi connectivity index (χ0n) is 19.6. The van der Waals surface area contributed by atoms with Crippen molar-refractivity contribution in [1.29, 1.82) is 0 Å². The molecule has 1 fully saturated rings. The van der Waals surface area contributed by atoms with Gasteiger partial charge in [-0.1, -0.05) is 81.0 Å². The normalized spacial score (nSPS) is 24.9. The molecule has 170 valence electrons. The molecule has 2 aromatic carbocycles. The van der Waals surface area contributed by atoms with E-state index in [0.717, 1.165) is 36.9 Å². The maximum atomic E-state index is 13.7. The highest BCUT2D eigenvalue weighted by Gasteiger charge is 2.55. The first-order valence-corrected chi connectivity index (χ1v) is 11.8. The van der Waals surface area contributed by atoms with E-state index in [4.69, 9.17) is 0 Å². The fourth-order valence-corrected chi connectivity index (χ4v) is 6.17. The van der Waals surface area contributed by atoms with Gasteiger partial charge in [0.2, 0.25) is 5.91 Å². The summed E-state index contributed by atoms with van der Waals surface area (Å²) in [6.07, 6.45) is 7.30. The zero-order valence-corrected chi connectivity index (χ0v) is 19.6. The second-order valence-electron chi connectivity index (χ2n) is 10.6. The molecule has 1 saturated carbocycles. The second kappa shape index (κ2) is 7.44. The first-order valence-electron chi connectivity index (χ1n) is 11.8. The minimum Gasteiger partial charge on any atom is -0.478 e. The van der Waals surface area contributed by atoms with Crippen LogP contribution in [-0.2, 0) is 10.2 Å². The number of allylic oxidation sites excluding steroid dienone is 2. The third-order valence-electron chi connectivity index (χ3n) is 8.03. The fourth-order valence-electron chi connectivity index (χ4n) is 6.17. The number of carboxylic acid groups (broad SMARTS) is 1. The van der Waals surface area contributed by atoms with E-state index in [1.807, 2.05) is 30.3 Å². The van der Waals surface area contributed by atoms with Crippen molar-refractivity contribution in [3.63, 3.8) is 0 Å². The van der Waals surface area contributed by atoms with Crippen molar-refractivity contribution in [3.05, 3.63) is 89.0 Å². The van der Waals surface area contributed by atoms with E-state index in [1.54, 1.807) is 12.1 Å². The van der Waals surface area contributed by atoms with Crippen LogP contribution in [0.4, 0.5) is 0 Å². The number of rotatable bonds is 4. The van der Waals surface area contributed by atoms with Gasteiger partial charge in [0.05, 0.1) is 11.0 Å². The van der Waals surface area contributed by atoms with Crippen molar-refractivity contribution in [2.45, 2.75) is 45.4 Å². The molecule has 2 aromatic rings. The van der Waals surface area contributed by atoms with Gasteiger partial charge < -0.3 is 10.0 Å². The lowest BCUT2D eigenvalue weighted by Gasteiger charge is -2.51. The summed E-state index contributed by atoms with van der Waals surface area (Å²) < 4.78 is 0. The van der Waals surface area contributed by atoms with E-state index in [2.05, 4.69) is 50.0 Å². The first-order chi connectivity index (χ1) is 15.7. The molecule has 1 atom stereocenters. The molecule has 5 rings (SSSR count). The van der Waals surface area contributed by atoms with Crippen LogP contribution in [0.2, 0.25) is 0 Å².